The molecule has 0 unspecified atom stereocenters. The second kappa shape index (κ2) is 6.22. The van der Waals surface area contributed by atoms with Gasteiger partial charge in [0.25, 0.3) is 0 Å². The zero-order valence-corrected chi connectivity index (χ0v) is 18.4. The molecule has 0 aromatic heterocycles. The van der Waals surface area contributed by atoms with Gasteiger partial charge in [-0.2, -0.15) is 0 Å². The molecule has 2 aromatic carbocycles. The molecule has 2 nitrogen and oxygen atoms in total. The van der Waals surface area contributed by atoms with Crippen molar-refractivity contribution in [3.05, 3.63) is 36.4 Å². The van der Waals surface area contributed by atoms with Crippen LogP contribution >= 0.6 is 15.8 Å². The van der Waals surface area contributed by atoms with Gasteiger partial charge in [0, 0.05) is 10.6 Å². The van der Waals surface area contributed by atoms with E-state index in [1.165, 1.54) is 21.7 Å². The van der Waals surface area contributed by atoms with E-state index in [0.717, 1.165) is 24.2 Å². The summed E-state index contributed by atoms with van der Waals surface area (Å²) in [6.45, 7) is 14.1. The number of benzene rings is 2. The van der Waals surface area contributed by atoms with E-state index in [9.17, 15) is 0 Å². The predicted octanol–water partition coefficient (Wildman–Crippen LogP) is 5.86. The van der Waals surface area contributed by atoms with Crippen molar-refractivity contribution < 1.29 is 9.47 Å². The second-order valence-electron chi connectivity index (χ2n) is 9.05. The van der Waals surface area contributed by atoms with Gasteiger partial charge in [-0.3, -0.25) is 0 Å². The first-order valence-corrected chi connectivity index (χ1v) is 12.3. The van der Waals surface area contributed by atoms with Crippen molar-refractivity contribution in [2.45, 2.75) is 51.9 Å². The maximum absolute atomic E-state index is 6.12. The highest BCUT2D eigenvalue weighted by Gasteiger charge is 2.39. The monoisotopic (exact) mass is 386 g/mol. The highest BCUT2D eigenvalue weighted by Crippen LogP contribution is 2.58. The van der Waals surface area contributed by atoms with Crippen molar-refractivity contribution in [3.63, 3.8) is 0 Å². The molecule has 0 radical (unpaired) electrons. The number of hydrogen-bond acceptors (Lipinski definition) is 2. The minimum atomic E-state index is -0.351. The molecule has 0 saturated heterocycles. The van der Waals surface area contributed by atoms with Crippen LogP contribution in [0.1, 0.15) is 41.5 Å². The average Bonchev–Trinajstić information content (AvgIpc) is 3.17. The highest BCUT2D eigenvalue weighted by atomic mass is 31.1. The van der Waals surface area contributed by atoms with E-state index in [2.05, 4.69) is 77.9 Å². The molecule has 0 fully saturated rings. The molecule has 2 aliphatic rings. The fraction of sp³-hybridized carbons (Fsp3) is 0.455. The van der Waals surface area contributed by atoms with Crippen LogP contribution in [0.5, 0.6) is 11.5 Å². The molecule has 138 valence electrons. The van der Waals surface area contributed by atoms with Crippen LogP contribution in [0.25, 0.3) is 11.1 Å². The zero-order chi connectivity index (χ0) is 18.7. The standard InChI is InChI=1S/C22H28O2P2/c1-21(2,3)25-13-23-17-11-7-9-15(19(17)25)16-10-8-12-18-20(16)26(14-24-18)22(4,5)6/h7-12H,13-14H2,1-6H3/t25-,26+. The van der Waals surface area contributed by atoms with Crippen LogP contribution in [0.4, 0.5) is 0 Å². The molecule has 0 aliphatic carbocycles. The fourth-order valence-corrected chi connectivity index (χ4v) is 8.42. The molecule has 0 amide bonds. The Bertz CT molecular complexity index is 775. The highest BCUT2D eigenvalue weighted by molar-refractivity contribution is 7.68. The van der Waals surface area contributed by atoms with E-state index in [1.807, 2.05) is 0 Å². The maximum atomic E-state index is 6.12. The van der Waals surface area contributed by atoms with Crippen LogP contribution in [0, 0.1) is 0 Å². The Kier molecular flexibility index (Phi) is 4.37. The van der Waals surface area contributed by atoms with Crippen LogP contribution < -0.4 is 20.1 Å². The third-order valence-corrected chi connectivity index (χ3v) is 11.2. The van der Waals surface area contributed by atoms with E-state index >= 15 is 0 Å². The zero-order valence-electron chi connectivity index (χ0n) is 16.6. The van der Waals surface area contributed by atoms with Gasteiger partial charge < -0.3 is 9.47 Å². The molecule has 0 bridgehead atoms. The third kappa shape index (κ3) is 2.96. The van der Waals surface area contributed by atoms with Gasteiger partial charge in [0.15, 0.2) is 0 Å². The van der Waals surface area contributed by atoms with Crippen LogP contribution in [-0.4, -0.2) is 23.0 Å². The molecule has 2 heterocycles. The maximum Gasteiger partial charge on any atom is 0.128 e. The summed E-state index contributed by atoms with van der Waals surface area (Å²) in [5, 5.41) is 3.36. The normalized spacial score (nSPS) is 21.8. The summed E-state index contributed by atoms with van der Waals surface area (Å²) in [6.07, 6.45) is 1.68. The SMILES string of the molecule is CC(C)(C)[P@]1COc2cccc(-c3cccc4c3[P@@](C(C)(C)C)CO4)c21. The van der Waals surface area contributed by atoms with Gasteiger partial charge in [-0.25, -0.2) is 0 Å². The molecule has 4 rings (SSSR count). The van der Waals surface area contributed by atoms with Crippen molar-refractivity contribution in [1.29, 1.82) is 0 Å². The Hall–Kier alpha value is -1.10. The predicted molar refractivity (Wildman–Crippen MR) is 115 cm³/mol. The van der Waals surface area contributed by atoms with Crippen molar-refractivity contribution in [3.8, 4) is 22.6 Å². The van der Waals surface area contributed by atoms with Gasteiger partial charge in [0.05, 0.1) is 0 Å². The summed E-state index contributed by atoms with van der Waals surface area (Å²) in [5.41, 5.74) is 2.72. The van der Waals surface area contributed by atoms with Crippen molar-refractivity contribution in [2.24, 2.45) is 0 Å². The summed E-state index contributed by atoms with van der Waals surface area (Å²) in [5.74, 6) is 2.17. The van der Waals surface area contributed by atoms with Crippen LogP contribution in [-0.2, 0) is 0 Å². The lowest BCUT2D eigenvalue weighted by molar-refractivity contribution is 0.399. The Morgan fingerprint density at radius 2 is 1.04 bits per heavy atom. The summed E-state index contributed by atoms with van der Waals surface area (Å²) >= 11 is 0. The first-order chi connectivity index (χ1) is 12.2. The molecule has 26 heavy (non-hydrogen) atoms. The average molecular weight is 386 g/mol. The van der Waals surface area contributed by atoms with Gasteiger partial charge in [0.1, 0.15) is 24.2 Å². The largest absolute Gasteiger partial charge is 0.488 e. The molecule has 4 heteroatoms. The second-order valence-corrected chi connectivity index (χ2v) is 14.9. The topological polar surface area (TPSA) is 18.5 Å². The third-order valence-electron chi connectivity index (χ3n) is 5.15. The van der Waals surface area contributed by atoms with Gasteiger partial charge in [-0.15, -0.1) is 0 Å². The van der Waals surface area contributed by atoms with Crippen LogP contribution in [0.2, 0.25) is 0 Å². The molecule has 0 saturated carbocycles. The van der Waals surface area contributed by atoms with Gasteiger partial charge in [0.2, 0.25) is 0 Å². The molecule has 2 aliphatic heterocycles. The lowest BCUT2D eigenvalue weighted by Crippen LogP contribution is -2.22. The van der Waals surface area contributed by atoms with E-state index in [0.29, 0.717) is 0 Å². The number of ether oxygens (including phenoxy) is 2. The van der Waals surface area contributed by atoms with E-state index < -0.39 is 0 Å². The molecule has 0 spiro atoms. The molecule has 2 aromatic rings. The summed E-state index contributed by atoms with van der Waals surface area (Å²) < 4.78 is 12.2. The van der Waals surface area contributed by atoms with Crippen molar-refractivity contribution in [2.75, 3.05) is 12.7 Å². The number of fused-ring (bicyclic) bond motifs is 2. The summed E-state index contributed by atoms with van der Waals surface area (Å²) in [7, 11) is -0.702. The Morgan fingerprint density at radius 1 is 0.654 bits per heavy atom. The first kappa shape index (κ1) is 18.3. The lowest BCUT2D eigenvalue weighted by Gasteiger charge is -2.30. The Morgan fingerprint density at radius 3 is 1.38 bits per heavy atom. The van der Waals surface area contributed by atoms with E-state index in [1.54, 1.807) is 0 Å². The van der Waals surface area contributed by atoms with E-state index in [-0.39, 0.29) is 26.2 Å². The smallest absolute Gasteiger partial charge is 0.128 e. The molecular formula is C22H28O2P2. The van der Waals surface area contributed by atoms with Gasteiger partial charge in [-0.05, 0) is 49.4 Å². The fourth-order valence-electron chi connectivity index (χ4n) is 3.72. The van der Waals surface area contributed by atoms with Crippen molar-refractivity contribution >= 4 is 26.5 Å². The Labute approximate surface area is 159 Å². The summed E-state index contributed by atoms with van der Waals surface area (Å²) in [6, 6.07) is 13.1. The Balaban J connectivity index is 1.93. The van der Waals surface area contributed by atoms with Gasteiger partial charge in [-0.1, -0.05) is 65.8 Å². The number of rotatable bonds is 1. The molecule has 2 atom stereocenters. The van der Waals surface area contributed by atoms with Crippen LogP contribution in [0.3, 0.4) is 0 Å². The minimum absolute atomic E-state index is 0.236. The quantitative estimate of drug-likeness (QED) is 0.571. The van der Waals surface area contributed by atoms with Gasteiger partial charge >= 0.3 is 0 Å². The molecule has 0 N–H and O–H groups in total. The minimum Gasteiger partial charge on any atom is -0.488 e. The van der Waals surface area contributed by atoms with Crippen LogP contribution in [0.15, 0.2) is 36.4 Å². The summed E-state index contributed by atoms with van der Waals surface area (Å²) in [4.78, 5) is 0. The van der Waals surface area contributed by atoms with Crippen molar-refractivity contribution in [1.82, 2.24) is 0 Å². The first-order valence-electron chi connectivity index (χ1n) is 9.25. The number of hydrogen-bond donors (Lipinski definition) is 0. The molecular weight excluding hydrogens is 358 g/mol. The lowest BCUT2D eigenvalue weighted by atomic mass is 10.0. The van der Waals surface area contributed by atoms with E-state index in [4.69, 9.17) is 9.47 Å².